The van der Waals surface area contributed by atoms with Crippen LogP contribution in [0, 0.1) is 5.82 Å². The summed E-state index contributed by atoms with van der Waals surface area (Å²) >= 11 is 1.15. The van der Waals surface area contributed by atoms with Gasteiger partial charge in [-0.05, 0) is 17.7 Å². The predicted molar refractivity (Wildman–Crippen MR) is 70.2 cm³/mol. The van der Waals surface area contributed by atoms with Crippen LogP contribution < -0.4 is 11.2 Å². The first-order valence-electron chi connectivity index (χ1n) is 5.29. The summed E-state index contributed by atoms with van der Waals surface area (Å²) in [6.45, 7) is 0. The maximum atomic E-state index is 12.6. The number of carbonyl (C=O) groups excluding carboxylic acids is 1. The lowest BCUT2D eigenvalue weighted by Gasteiger charge is -1.96. The molecule has 0 atom stereocenters. The summed E-state index contributed by atoms with van der Waals surface area (Å²) in [4.78, 5) is 11.5. The summed E-state index contributed by atoms with van der Waals surface area (Å²) in [5, 5.41) is 11.9. The number of rotatable bonds is 4. The number of nitrogen functional groups attached to an aromatic ring is 1. The molecule has 19 heavy (non-hydrogen) atoms. The van der Waals surface area contributed by atoms with Crippen LogP contribution in [0.15, 0.2) is 29.4 Å². The maximum Gasteiger partial charge on any atom is 0.247 e. The molecule has 0 aliphatic rings. The van der Waals surface area contributed by atoms with Crippen molar-refractivity contribution in [1.29, 1.82) is 0 Å². The molecule has 0 saturated heterocycles. The lowest BCUT2D eigenvalue weighted by Crippen LogP contribution is -2.19. The number of aromatic nitrogens is 2. The zero-order chi connectivity index (χ0) is 13.7. The molecule has 0 bridgehead atoms. The Hall–Kier alpha value is -2.35. The summed E-state index contributed by atoms with van der Waals surface area (Å²) in [5.41, 5.74) is 8.42. The highest BCUT2D eigenvalue weighted by atomic mass is 32.1. The molecular formula is C11H10FN5OS. The van der Waals surface area contributed by atoms with E-state index in [1.165, 1.54) is 18.3 Å². The van der Waals surface area contributed by atoms with Gasteiger partial charge in [0.25, 0.3) is 0 Å². The third kappa shape index (κ3) is 4.11. The van der Waals surface area contributed by atoms with E-state index in [0.717, 1.165) is 11.3 Å². The Labute approximate surface area is 112 Å². The van der Waals surface area contributed by atoms with E-state index >= 15 is 0 Å². The van der Waals surface area contributed by atoms with Gasteiger partial charge in [0.2, 0.25) is 11.0 Å². The number of benzene rings is 1. The molecule has 0 saturated carbocycles. The molecule has 2 rings (SSSR count). The maximum absolute atomic E-state index is 12.6. The zero-order valence-corrected chi connectivity index (χ0v) is 10.5. The highest BCUT2D eigenvalue weighted by Crippen LogP contribution is 2.10. The van der Waals surface area contributed by atoms with Gasteiger partial charge in [0.15, 0.2) is 0 Å². The van der Waals surface area contributed by atoms with Crippen molar-refractivity contribution in [3.8, 4) is 0 Å². The van der Waals surface area contributed by atoms with Gasteiger partial charge in [0.05, 0.1) is 12.6 Å². The predicted octanol–water partition coefficient (Wildman–Crippen LogP) is 0.952. The van der Waals surface area contributed by atoms with Crippen molar-refractivity contribution in [1.82, 2.24) is 15.6 Å². The SMILES string of the molecule is Nc1nnc(CC(=O)N/N=C\c2ccc(F)cc2)s1. The highest BCUT2D eigenvalue weighted by Gasteiger charge is 2.06. The summed E-state index contributed by atoms with van der Waals surface area (Å²) in [6, 6.07) is 5.73. The average molecular weight is 279 g/mol. The second-order valence-electron chi connectivity index (χ2n) is 3.56. The molecule has 8 heteroatoms. The lowest BCUT2D eigenvalue weighted by atomic mass is 10.2. The minimum Gasteiger partial charge on any atom is -0.374 e. The van der Waals surface area contributed by atoms with E-state index in [9.17, 15) is 9.18 Å². The Kier molecular flexibility index (Phi) is 4.14. The molecule has 1 aromatic heterocycles. The smallest absolute Gasteiger partial charge is 0.247 e. The van der Waals surface area contributed by atoms with E-state index in [4.69, 9.17) is 5.73 Å². The largest absolute Gasteiger partial charge is 0.374 e. The van der Waals surface area contributed by atoms with Crippen molar-refractivity contribution in [2.45, 2.75) is 6.42 Å². The second kappa shape index (κ2) is 6.01. The first-order chi connectivity index (χ1) is 9.13. The summed E-state index contributed by atoms with van der Waals surface area (Å²) in [5.74, 6) is -0.649. The second-order valence-corrected chi connectivity index (χ2v) is 4.65. The van der Waals surface area contributed by atoms with Crippen molar-refractivity contribution in [3.63, 3.8) is 0 Å². The van der Waals surface area contributed by atoms with Crippen LogP contribution in [0.1, 0.15) is 10.6 Å². The lowest BCUT2D eigenvalue weighted by molar-refractivity contribution is -0.120. The molecule has 98 valence electrons. The van der Waals surface area contributed by atoms with Crippen LogP contribution in [-0.4, -0.2) is 22.3 Å². The molecule has 0 aliphatic heterocycles. The van der Waals surface area contributed by atoms with Crippen molar-refractivity contribution in [3.05, 3.63) is 40.7 Å². The Bertz CT molecular complexity index is 595. The number of hydrazone groups is 1. The Morgan fingerprint density at radius 2 is 2.16 bits per heavy atom. The first kappa shape index (κ1) is 13.1. The van der Waals surface area contributed by atoms with Gasteiger partial charge in [0, 0.05) is 0 Å². The third-order valence-electron chi connectivity index (χ3n) is 2.07. The van der Waals surface area contributed by atoms with Crippen LogP contribution in [0.3, 0.4) is 0 Å². The van der Waals surface area contributed by atoms with Crippen LogP contribution in [0.5, 0.6) is 0 Å². The van der Waals surface area contributed by atoms with Gasteiger partial charge < -0.3 is 5.73 Å². The number of nitrogens with two attached hydrogens (primary N) is 1. The van der Waals surface area contributed by atoms with Gasteiger partial charge in [-0.3, -0.25) is 4.79 Å². The Morgan fingerprint density at radius 3 is 2.79 bits per heavy atom. The summed E-state index contributed by atoms with van der Waals surface area (Å²) < 4.78 is 12.6. The molecule has 1 aromatic carbocycles. The topological polar surface area (TPSA) is 93.3 Å². The summed E-state index contributed by atoms with van der Waals surface area (Å²) in [7, 11) is 0. The van der Waals surface area contributed by atoms with Crippen LogP contribution >= 0.6 is 11.3 Å². The number of halogens is 1. The van der Waals surface area contributed by atoms with Crippen LogP contribution in [0.4, 0.5) is 9.52 Å². The molecule has 0 aliphatic carbocycles. The third-order valence-corrected chi connectivity index (χ3v) is 2.82. The van der Waals surface area contributed by atoms with E-state index in [-0.39, 0.29) is 18.1 Å². The molecule has 3 N–H and O–H groups in total. The number of nitrogens with zero attached hydrogens (tertiary/aromatic N) is 3. The standard InChI is InChI=1S/C11H10FN5OS/c12-8-3-1-7(2-4-8)6-14-15-9(18)5-10-16-17-11(13)19-10/h1-4,6H,5H2,(H2,13,17)(H,15,18)/b14-6-. The molecule has 1 heterocycles. The molecule has 0 spiro atoms. The van der Waals surface area contributed by atoms with E-state index in [1.807, 2.05) is 0 Å². The highest BCUT2D eigenvalue weighted by molar-refractivity contribution is 7.15. The van der Waals surface area contributed by atoms with Gasteiger partial charge in [-0.1, -0.05) is 23.5 Å². The van der Waals surface area contributed by atoms with Crippen LogP contribution in [0.25, 0.3) is 0 Å². The van der Waals surface area contributed by atoms with E-state index < -0.39 is 0 Å². The van der Waals surface area contributed by atoms with E-state index in [0.29, 0.717) is 15.7 Å². The molecular weight excluding hydrogens is 269 g/mol. The Morgan fingerprint density at radius 1 is 1.42 bits per heavy atom. The number of hydrogen-bond donors (Lipinski definition) is 2. The first-order valence-corrected chi connectivity index (χ1v) is 6.10. The van der Waals surface area contributed by atoms with Crippen LogP contribution in [-0.2, 0) is 11.2 Å². The molecule has 0 unspecified atom stereocenters. The molecule has 1 amide bonds. The minimum atomic E-state index is -0.325. The molecule has 0 radical (unpaired) electrons. The van der Waals surface area contributed by atoms with Crippen LogP contribution in [0.2, 0.25) is 0 Å². The average Bonchev–Trinajstić information content (AvgIpc) is 2.77. The van der Waals surface area contributed by atoms with E-state index in [2.05, 4.69) is 20.7 Å². The molecule has 6 nitrogen and oxygen atoms in total. The molecule has 2 aromatic rings. The quantitative estimate of drug-likeness (QED) is 0.643. The number of amides is 1. The number of anilines is 1. The number of carbonyl (C=O) groups is 1. The van der Waals surface area contributed by atoms with Gasteiger partial charge in [-0.2, -0.15) is 5.10 Å². The fourth-order valence-corrected chi connectivity index (χ4v) is 1.85. The van der Waals surface area contributed by atoms with E-state index in [1.54, 1.807) is 12.1 Å². The van der Waals surface area contributed by atoms with Gasteiger partial charge >= 0.3 is 0 Å². The van der Waals surface area contributed by atoms with Crippen molar-refractivity contribution in [2.75, 3.05) is 5.73 Å². The van der Waals surface area contributed by atoms with Crippen molar-refractivity contribution >= 4 is 28.6 Å². The molecule has 0 fully saturated rings. The van der Waals surface area contributed by atoms with Gasteiger partial charge in [0.1, 0.15) is 10.8 Å². The number of nitrogens with one attached hydrogen (secondary N) is 1. The monoisotopic (exact) mass is 279 g/mol. The van der Waals surface area contributed by atoms with Crippen molar-refractivity contribution < 1.29 is 9.18 Å². The van der Waals surface area contributed by atoms with Gasteiger partial charge in [-0.25, -0.2) is 9.82 Å². The zero-order valence-electron chi connectivity index (χ0n) is 9.71. The fraction of sp³-hybridized carbons (Fsp3) is 0.0909. The van der Waals surface area contributed by atoms with Crippen molar-refractivity contribution in [2.24, 2.45) is 5.10 Å². The number of hydrogen-bond acceptors (Lipinski definition) is 6. The minimum absolute atomic E-state index is 0.0651. The fourth-order valence-electron chi connectivity index (χ4n) is 1.24. The summed E-state index contributed by atoms with van der Waals surface area (Å²) in [6.07, 6.45) is 1.49. The normalized spacial score (nSPS) is 10.8. The Balaban J connectivity index is 1.84. The van der Waals surface area contributed by atoms with Gasteiger partial charge in [-0.15, -0.1) is 10.2 Å².